The molecule has 0 saturated carbocycles. The lowest BCUT2D eigenvalue weighted by molar-refractivity contribution is -0.140. The number of benzene rings is 5. The average molecular weight is 755 g/mol. The maximum atomic E-state index is 14.7. The number of nitrogens with zero attached hydrogens (tertiary/aromatic N) is 2. The van der Waals surface area contributed by atoms with E-state index in [0.29, 0.717) is 18.0 Å². The molecule has 0 aliphatic carbocycles. The summed E-state index contributed by atoms with van der Waals surface area (Å²) in [5.41, 5.74) is 1.93. The Kier molecular flexibility index (Phi) is 12.8. The maximum absolute atomic E-state index is 14.7. The van der Waals surface area contributed by atoms with Crippen LogP contribution in [0.2, 0.25) is 0 Å². The first-order valence-electron chi connectivity index (χ1n) is 16.5. The molecule has 0 aromatic heterocycles. The van der Waals surface area contributed by atoms with Crippen LogP contribution in [0.1, 0.15) is 30.9 Å². The molecule has 0 aliphatic rings. The summed E-state index contributed by atoms with van der Waals surface area (Å²) in [4.78, 5) is 30.1. The molecule has 5 aromatic carbocycles. The summed E-state index contributed by atoms with van der Waals surface area (Å²) < 4.78 is 36.4. The summed E-state index contributed by atoms with van der Waals surface area (Å²) >= 11 is 3.52. The van der Waals surface area contributed by atoms with Gasteiger partial charge in [-0.3, -0.25) is 13.9 Å². The maximum Gasteiger partial charge on any atom is 0.264 e. The van der Waals surface area contributed by atoms with Crippen molar-refractivity contribution in [3.05, 3.63) is 155 Å². The molecule has 5 rings (SSSR count). The molecule has 0 saturated heterocycles. The Morgan fingerprint density at radius 2 is 1.36 bits per heavy atom. The molecule has 2 amide bonds. The summed E-state index contributed by atoms with van der Waals surface area (Å²) in [7, 11) is -4.22. The second kappa shape index (κ2) is 17.6. The van der Waals surface area contributed by atoms with Crippen molar-refractivity contribution in [2.75, 3.05) is 17.4 Å². The first-order chi connectivity index (χ1) is 24.2. The summed E-state index contributed by atoms with van der Waals surface area (Å²) in [6.45, 7) is 2.04. The molecular weight excluding hydrogens is 714 g/mol. The molecule has 10 heteroatoms. The number of para-hydroxylation sites is 1. The number of amides is 2. The van der Waals surface area contributed by atoms with Gasteiger partial charge in [-0.15, -0.1) is 0 Å². The van der Waals surface area contributed by atoms with E-state index in [4.69, 9.17) is 4.74 Å². The van der Waals surface area contributed by atoms with Gasteiger partial charge in [-0.2, -0.15) is 0 Å². The number of rotatable bonds is 16. The third-order valence-corrected chi connectivity index (χ3v) is 10.3. The number of ether oxygens (including phenoxy) is 1. The number of unbranched alkanes of at least 4 members (excludes halogenated alkanes) is 1. The summed E-state index contributed by atoms with van der Waals surface area (Å²) in [5, 5.41) is 3.02. The lowest BCUT2D eigenvalue weighted by Crippen LogP contribution is -2.53. The largest absolute Gasteiger partial charge is 0.457 e. The van der Waals surface area contributed by atoms with Crippen molar-refractivity contribution in [2.24, 2.45) is 0 Å². The zero-order chi connectivity index (χ0) is 35.3. The van der Waals surface area contributed by atoms with Crippen molar-refractivity contribution < 1.29 is 22.7 Å². The van der Waals surface area contributed by atoms with Crippen LogP contribution in [0, 0.1) is 0 Å². The summed E-state index contributed by atoms with van der Waals surface area (Å²) in [6, 6.07) is 39.9. The van der Waals surface area contributed by atoms with Crippen LogP contribution in [0.3, 0.4) is 0 Å². The fraction of sp³-hybridized carbons (Fsp3) is 0.200. The van der Waals surface area contributed by atoms with E-state index in [0.717, 1.165) is 32.7 Å². The van der Waals surface area contributed by atoms with Crippen LogP contribution in [-0.2, 0) is 32.6 Å². The molecule has 5 aromatic rings. The second-order valence-electron chi connectivity index (χ2n) is 11.7. The molecule has 0 heterocycles. The quantitative estimate of drug-likeness (QED) is 0.103. The summed E-state index contributed by atoms with van der Waals surface area (Å²) in [6.07, 6.45) is 1.93. The molecule has 1 atom stereocenters. The van der Waals surface area contributed by atoms with Crippen LogP contribution in [-0.4, -0.2) is 44.3 Å². The molecule has 0 spiro atoms. The van der Waals surface area contributed by atoms with E-state index in [1.165, 1.54) is 17.0 Å². The third kappa shape index (κ3) is 9.83. The Balaban J connectivity index is 1.54. The number of carbonyl (C=O) groups is 2. The summed E-state index contributed by atoms with van der Waals surface area (Å²) in [5.74, 6) is 0.312. The number of carbonyl (C=O) groups excluding carboxylic acids is 2. The molecule has 0 bridgehead atoms. The van der Waals surface area contributed by atoms with Gasteiger partial charge in [0.1, 0.15) is 24.1 Å². The highest BCUT2D eigenvalue weighted by atomic mass is 79.9. The zero-order valence-corrected chi connectivity index (χ0v) is 30.2. The van der Waals surface area contributed by atoms with Crippen molar-refractivity contribution in [3.63, 3.8) is 0 Å². The van der Waals surface area contributed by atoms with E-state index in [2.05, 4.69) is 21.2 Å². The lowest BCUT2D eigenvalue weighted by atomic mass is 10.0. The smallest absolute Gasteiger partial charge is 0.264 e. The van der Waals surface area contributed by atoms with Gasteiger partial charge in [0.2, 0.25) is 11.8 Å². The van der Waals surface area contributed by atoms with Gasteiger partial charge in [-0.25, -0.2) is 8.42 Å². The predicted octanol–water partition coefficient (Wildman–Crippen LogP) is 7.99. The number of hydrogen-bond acceptors (Lipinski definition) is 5. The Morgan fingerprint density at radius 1 is 0.760 bits per heavy atom. The van der Waals surface area contributed by atoms with E-state index >= 15 is 0 Å². The Labute approximate surface area is 302 Å². The van der Waals surface area contributed by atoms with Crippen LogP contribution in [0.25, 0.3) is 0 Å². The highest BCUT2D eigenvalue weighted by Gasteiger charge is 2.34. The van der Waals surface area contributed by atoms with Crippen LogP contribution in [0.5, 0.6) is 11.5 Å². The van der Waals surface area contributed by atoms with Crippen molar-refractivity contribution in [1.82, 2.24) is 10.2 Å². The minimum absolute atomic E-state index is 0.0362. The Hall–Kier alpha value is -4.93. The van der Waals surface area contributed by atoms with E-state index in [9.17, 15) is 18.0 Å². The first kappa shape index (κ1) is 36.4. The number of nitrogens with one attached hydrogen (secondary N) is 1. The normalized spacial score (nSPS) is 11.7. The zero-order valence-electron chi connectivity index (χ0n) is 27.8. The highest BCUT2D eigenvalue weighted by Crippen LogP contribution is 2.29. The monoisotopic (exact) mass is 753 g/mol. The number of sulfonamides is 1. The average Bonchev–Trinajstić information content (AvgIpc) is 3.13. The van der Waals surface area contributed by atoms with Gasteiger partial charge >= 0.3 is 0 Å². The van der Waals surface area contributed by atoms with Crippen molar-refractivity contribution >= 4 is 43.5 Å². The van der Waals surface area contributed by atoms with Gasteiger partial charge in [0.15, 0.2) is 0 Å². The topological polar surface area (TPSA) is 96.0 Å². The fourth-order valence-corrected chi connectivity index (χ4v) is 7.33. The first-order valence-corrected chi connectivity index (χ1v) is 18.7. The molecule has 0 radical (unpaired) electrons. The number of anilines is 1. The standard InChI is InChI=1S/C40H40BrN3O5S/c1-2-3-26-42-40(46)38(28-31-14-7-4-8-15-31)43(29-32-16-13-17-33(41)27-32)39(45)30-44(50(47,48)37-20-11-6-12-21-37)34-22-24-36(25-23-34)49-35-18-9-5-10-19-35/h4-25,27,38H,2-3,26,28-30H2,1H3,(H,42,46)/t38-/m0/s1. The molecular formula is C40H40BrN3O5S. The highest BCUT2D eigenvalue weighted by molar-refractivity contribution is 9.10. The SMILES string of the molecule is CCCCNC(=O)[C@H](Cc1ccccc1)N(Cc1cccc(Br)c1)C(=O)CN(c1ccc(Oc2ccccc2)cc1)S(=O)(=O)c1ccccc1. The van der Waals surface area contributed by atoms with E-state index in [1.807, 2.05) is 91.9 Å². The number of hydrogen-bond donors (Lipinski definition) is 1. The lowest BCUT2D eigenvalue weighted by Gasteiger charge is -2.34. The van der Waals surface area contributed by atoms with E-state index < -0.39 is 28.5 Å². The fourth-order valence-electron chi connectivity index (χ4n) is 5.45. The molecule has 0 unspecified atom stereocenters. The van der Waals surface area contributed by atoms with Crippen molar-refractivity contribution in [2.45, 2.75) is 43.7 Å². The van der Waals surface area contributed by atoms with E-state index in [-0.39, 0.29) is 29.5 Å². The van der Waals surface area contributed by atoms with Gasteiger partial charge in [-0.05, 0) is 78.2 Å². The molecule has 0 aliphatic heterocycles. The third-order valence-electron chi connectivity index (χ3n) is 8.06. The van der Waals surface area contributed by atoms with Crippen LogP contribution < -0.4 is 14.4 Å². The van der Waals surface area contributed by atoms with E-state index in [1.54, 1.807) is 42.5 Å². The second-order valence-corrected chi connectivity index (χ2v) is 14.5. The Morgan fingerprint density at radius 3 is 2.00 bits per heavy atom. The van der Waals surface area contributed by atoms with Gasteiger partial charge in [0.25, 0.3) is 10.0 Å². The minimum atomic E-state index is -4.22. The van der Waals surface area contributed by atoms with Crippen LogP contribution >= 0.6 is 15.9 Å². The van der Waals surface area contributed by atoms with Crippen molar-refractivity contribution in [3.8, 4) is 11.5 Å². The Bertz CT molecular complexity index is 1940. The number of halogens is 1. The minimum Gasteiger partial charge on any atom is -0.457 e. The van der Waals surface area contributed by atoms with Gasteiger partial charge in [-0.1, -0.05) is 108 Å². The van der Waals surface area contributed by atoms with Gasteiger partial charge in [0.05, 0.1) is 10.6 Å². The molecule has 1 N–H and O–H groups in total. The molecule has 8 nitrogen and oxygen atoms in total. The molecule has 0 fully saturated rings. The van der Waals surface area contributed by atoms with Gasteiger partial charge in [0, 0.05) is 24.0 Å². The van der Waals surface area contributed by atoms with Crippen LogP contribution in [0.4, 0.5) is 5.69 Å². The molecule has 50 heavy (non-hydrogen) atoms. The van der Waals surface area contributed by atoms with Crippen LogP contribution in [0.15, 0.2) is 149 Å². The van der Waals surface area contributed by atoms with Crippen molar-refractivity contribution in [1.29, 1.82) is 0 Å². The predicted molar refractivity (Wildman–Crippen MR) is 200 cm³/mol. The molecule has 258 valence electrons. The van der Waals surface area contributed by atoms with Gasteiger partial charge < -0.3 is 15.0 Å².